The molecule has 0 aliphatic carbocycles. The Morgan fingerprint density at radius 3 is 2.60 bits per heavy atom. The second kappa shape index (κ2) is 10.4. The number of carbonyl (C=O) groups excluding carboxylic acids is 2. The number of carbonyl (C=O) groups is 2. The largest absolute Gasteiger partial charge is 0.497 e. The van der Waals surface area contributed by atoms with Crippen LogP contribution in [0.1, 0.15) is 28.8 Å². The third-order valence-corrected chi connectivity index (χ3v) is 8.76. The second-order valence-electron chi connectivity index (χ2n) is 11.1. The average Bonchev–Trinajstić information content (AvgIpc) is 3.79. The molecule has 5 aromatic rings. The van der Waals surface area contributed by atoms with Crippen molar-refractivity contribution < 1.29 is 14.3 Å². The van der Waals surface area contributed by atoms with Crippen LogP contribution >= 0.6 is 0 Å². The summed E-state index contributed by atoms with van der Waals surface area (Å²) in [4.78, 5) is 36.6. The highest BCUT2D eigenvalue weighted by atomic mass is 16.5. The maximum absolute atomic E-state index is 14.1. The van der Waals surface area contributed by atoms with Crippen molar-refractivity contribution in [3.63, 3.8) is 0 Å². The van der Waals surface area contributed by atoms with Crippen LogP contribution in [0, 0.1) is 0 Å². The molecule has 7 rings (SSSR count). The van der Waals surface area contributed by atoms with Gasteiger partial charge >= 0.3 is 6.03 Å². The topological polar surface area (TPSA) is 97.6 Å². The summed E-state index contributed by atoms with van der Waals surface area (Å²) in [5.74, 6) is 0.788. The molecule has 42 heavy (non-hydrogen) atoms. The van der Waals surface area contributed by atoms with Gasteiger partial charge in [0.2, 0.25) is 0 Å². The summed E-state index contributed by atoms with van der Waals surface area (Å²) in [6.45, 7) is 2.20. The van der Waals surface area contributed by atoms with Gasteiger partial charge in [0.25, 0.3) is 5.91 Å². The summed E-state index contributed by atoms with van der Waals surface area (Å²) in [5.41, 5.74) is 5.13. The Bertz CT molecular complexity index is 1740. The van der Waals surface area contributed by atoms with Crippen molar-refractivity contribution in [1.82, 2.24) is 25.0 Å². The van der Waals surface area contributed by atoms with Gasteiger partial charge in [-0.25, -0.2) is 4.79 Å². The monoisotopic (exact) mass is 560 g/mol. The number of fused-ring (bicyclic) bond motifs is 1. The number of methoxy groups -OCH3 is 1. The molecule has 9 nitrogen and oxygen atoms in total. The van der Waals surface area contributed by atoms with E-state index in [4.69, 9.17) is 4.74 Å². The smallest absolute Gasteiger partial charge is 0.325 e. The minimum absolute atomic E-state index is 0.0224. The Morgan fingerprint density at radius 2 is 1.83 bits per heavy atom. The second-order valence-corrected chi connectivity index (χ2v) is 11.1. The van der Waals surface area contributed by atoms with Crippen LogP contribution in [0.4, 0.5) is 10.5 Å². The molecule has 0 unspecified atom stereocenters. The molecule has 2 N–H and O–H groups in total. The molecule has 0 bridgehead atoms. The maximum Gasteiger partial charge on any atom is 0.325 e. The molecule has 212 valence electrons. The number of aromatic nitrogens is 3. The van der Waals surface area contributed by atoms with Crippen LogP contribution in [0.3, 0.4) is 0 Å². The van der Waals surface area contributed by atoms with Gasteiger partial charge in [-0.05, 0) is 71.8 Å². The molecule has 0 atom stereocenters. The molecule has 0 radical (unpaired) electrons. The summed E-state index contributed by atoms with van der Waals surface area (Å²) in [6, 6.07) is 23.7. The SMILES string of the molecule is COc1cccc(CN2C(=O)N(c3ccc(-c4cn[nH]c4)cc3)CC23CCN(C(=O)c2ccc4cc[nH]c4c2)CC3)c1. The van der Waals surface area contributed by atoms with E-state index in [1.807, 2.05) is 99.9 Å². The van der Waals surface area contributed by atoms with Crippen molar-refractivity contribution in [2.75, 3.05) is 31.6 Å². The zero-order valence-corrected chi connectivity index (χ0v) is 23.4. The molecule has 3 amide bonds. The molecular weight excluding hydrogens is 528 g/mol. The van der Waals surface area contributed by atoms with E-state index < -0.39 is 5.54 Å². The first-order chi connectivity index (χ1) is 20.5. The molecular formula is C33H32N6O3. The molecule has 4 heterocycles. The van der Waals surface area contributed by atoms with Gasteiger partial charge in [0, 0.05) is 54.4 Å². The van der Waals surface area contributed by atoms with Gasteiger partial charge in [-0.15, -0.1) is 0 Å². The Labute approximate surface area is 243 Å². The molecule has 2 aliphatic rings. The van der Waals surface area contributed by atoms with E-state index in [1.165, 1.54) is 0 Å². The Kier molecular flexibility index (Phi) is 6.42. The third kappa shape index (κ3) is 4.56. The summed E-state index contributed by atoms with van der Waals surface area (Å²) < 4.78 is 5.45. The number of piperidine rings is 1. The van der Waals surface area contributed by atoms with Crippen molar-refractivity contribution in [1.29, 1.82) is 0 Å². The normalized spacial score (nSPS) is 16.5. The number of ether oxygens (including phenoxy) is 1. The first-order valence-electron chi connectivity index (χ1n) is 14.2. The van der Waals surface area contributed by atoms with Crippen molar-refractivity contribution >= 4 is 28.5 Å². The number of benzene rings is 3. The van der Waals surface area contributed by atoms with E-state index in [-0.39, 0.29) is 11.9 Å². The Hall–Kier alpha value is -5.05. The van der Waals surface area contributed by atoms with Gasteiger partial charge in [0.15, 0.2) is 0 Å². The maximum atomic E-state index is 14.1. The van der Waals surface area contributed by atoms with Gasteiger partial charge < -0.3 is 19.5 Å². The number of hydrogen-bond acceptors (Lipinski definition) is 4. The molecule has 2 aromatic heterocycles. The van der Waals surface area contributed by atoms with Crippen molar-refractivity contribution in [3.05, 3.63) is 103 Å². The number of rotatable bonds is 6. The molecule has 9 heteroatoms. The van der Waals surface area contributed by atoms with Gasteiger partial charge in [-0.2, -0.15) is 5.10 Å². The number of amides is 3. The molecule has 2 fully saturated rings. The van der Waals surface area contributed by atoms with E-state index >= 15 is 0 Å². The van der Waals surface area contributed by atoms with Crippen LogP contribution < -0.4 is 9.64 Å². The Morgan fingerprint density at radius 1 is 1.00 bits per heavy atom. The number of aromatic amines is 2. The first-order valence-corrected chi connectivity index (χ1v) is 14.2. The lowest BCUT2D eigenvalue weighted by molar-refractivity contribution is 0.0508. The van der Waals surface area contributed by atoms with Gasteiger partial charge in [-0.1, -0.05) is 30.3 Å². The van der Waals surface area contributed by atoms with Crippen LogP contribution in [0.5, 0.6) is 5.75 Å². The number of nitrogens with one attached hydrogen (secondary N) is 2. The van der Waals surface area contributed by atoms with Gasteiger partial charge in [-0.3, -0.25) is 14.8 Å². The number of urea groups is 1. The molecule has 3 aromatic carbocycles. The first kappa shape index (κ1) is 25.9. The van der Waals surface area contributed by atoms with E-state index in [1.54, 1.807) is 13.3 Å². The van der Waals surface area contributed by atoms with Crippen LogP contribution in [0.15, 0.2) is 91.4 Å². The lowest BCUT2D eigenvalue weighted by Gasteiger charge is -2.43. The Balaban J connectivity index is 1.15. The number of likely N-dealkylation sites (tertiary alicyclic amines) is 1. The third-order valence-electron chi connectivity index (χ3n) is 8.76. The van der Waals surface area contributed by atoms with Crippen molar-refractivity contribution in [3.8, 4) is 16.9 Å². The summed E-state index contributed by atoms with van der Waals surface area (Å²) in [7, 11) is 1.65. The highest BCUT2D eigenvalue weighted by Crippen LogP contribution is 2.40. The molecule has 2 saturated heterocycles. The molecule has 0 saturated carbocycles. The minimum Gasteiger partial charge on any atom is -0.497 e. The number of anilines is 1. The zero-order valence-electron chi connectivity index (χ0n) is 23.4. The standard InChI is InChI=1S/C33H32N6O3/c1-42-29-4-2-3-23(17-29)21-39-32(41)38(28-9-7-24(8-10-28)27-19-35-36-20-27)22-33(39)12-15-37(16-13-33)31(40)26-6-5-25-11-14-34-30(25)18-26/h2-11,14,17-20,34H,12-13,15-16,21-22H2,1H3,(H,35,36). The predicted molar refractivity (Wildman–Crippen MR) is 161 cm³/mol. The van der Waals surface area contributed by atoms with E-state index in [2.05, 4.69) is 15.2 Å². The van der Waals surface area contributed by atoms with Crippen LogP contribution in [0.25, 0.3) is 22.0 Å². The van der Waals surface area contributed by atoms with Gasteiger partial charge in [0.05, 0.1) is 25.4 Å². The highest BCUT2D eigenvalue weighted by molar-refractivity contribution is 5.98. The molecule has 1 spiro atoms. The summed E-state index contributed by atoms with van der Waals surface area (Å²) in [6.07, 6.45) is 6.91. The summed E-state index contributed by atoms with van der Waals surface area (Å²) >= 11 is 0. The number of nitrogens with zero attached hydrogens (tertiary/aromatic N) is 4. The number of H-pyrrole nitrogens is 2. The minimum atomic E-state index is -0.399. The van der Waals surface area contributed by atoms with Crippen LogP contribution in [-0.2, 0) is 6.54 Å². The van der Waals surface area contributed by atoms with E-state index in [0.717, 1.165) is 39.0 Å². The zero-order chi connectivity index (χ0) is 28.7. The lowest BCUT2D eigenvalue weighted by atomic mass is 9.86. The average molecular weight is 561 g/mol. The lowest BCUT2D eigenvalue weighted by Crippen LogP contribution is -2.55. The number of hydrogen-bond donors (Lipinski definition) is 2. The van der Waals surface area contributed by atoms with Crippen molar-refractivity contribution in [2.45, 2.75) is 24.9 Å². The fourth-order valence-electron chi connectivity index (χ4n) is 6.35. The molecule has 2 aliphatic heterocycles. The van der Waals surface area contributed by atoms with E-state index in [9.17, 15) is 9.59 Å². The quantitative estimate of drug-likeness (QED) is 0.279. The van der Waals surface area contributed by atoms with E-state index in [0.29, 0.717) is 44.6 Å². The van der Waals surface area contributed by atoms with Crippen molar-refractivity contribution in [2.24, 2.45) is 0 Å². The highest BCUT2D eigenvalue weighted by Gasteiger charge is 2.51. The van der Waals surface area contributed by atoms with Crippen LogP contribution in [-0.4, -0.2) is 69.2 Å². The fourth-order valence-corrected chi connectivity index (χ4v) is 6.35. The fraction of sp³-hybridized carbons (Fsp3) is 0.242. The van der Waals surface area contributed by atoms with Crippen LogP contribution in [0.2, 0.25) is 0 Å². The summed E-state index contributed by atoms with van der Waals surface area (Å²) in [5, 5.41) is 7.98. The van der Waals surface area contributed by atoms with Gasteiger partial charge in [0.1, 0.15) is 5.75 Å². The predicted octanol–water partition coefficient (Wildman–Crippen LogP) is 5.68.